The molecule has 162 valence electrons. The van der Waals surface area contributed by atoms with Crippen LogP contribution in [0.5, 0.6) is 0 Å². The molecule has 8 nitrogen and oxygen atoms in total. The molecule has 0 fully saturated rings. The maximum atomic E-state index is 14.9. The van der Waals surface area contributed by atoms with Gasteiger partial charge < -0.3 is 15.0 Å². The number of hydrogen-bond acceptors (Lipinski definition) is 6. The zero-order valence-electron chi connectivity index (χ0n) is 17.2. The molecule has 2 N–H and O–H groups in total. The minimum Gasteiger partial charge on any atom is -0.478 e. The Bertz CT molecular complexity index is 1380. The molecule has 1 aliphatic rings. The quantitative estimate of drug-likeness (QED) is 0.492. The third-order valence-corrected chi connectivity index (χ3v) is 5.62. The van der Waals surface area contributed by atoms with Crippen LogP contribution in [0.4, 0.5) is 20.5 Å². The molecule has 32 heavy (non-hydrogen) atoms. The lowest BCUT2D eigenvalue weighted by Crippen LogP contribution is -2.21. The fourth-order valence-corrected chi connectivity index (χ4v) is 4.03. The summed E-state index contributed by atoms with van der Waals surface area (Å²) in [6.07, 6.45) is 3.81. The van der Waals surface area contributed by atoms with E-state index in [4.69, 9.17) is 5.11 Å². The molecule has 0 unspecified atom stereocenters. The summed E-state index contributed by atoms with van der Waals surface area (Å²) in [6, 6.07) is 5.72. The van der Waals surface area contributed by atoms with E-state index in [-0.39, 0.29) is 39.6 Å². The molecule has 0 bridgehead atoms. The largest absolute Gasteiger partial charge is 0.478 e. The van der Waals surface area contributed by atoms with Gasteiger partial charge in [0.25, 0.3) is 0 Å². The second-order valence-corrected chi connectivity index (χ2v) is 8.25. The molecule has 0 aliphatic carbocycles. The van der Waals surface area contributed by atoms with Crippen LogP contribution in [0, 0.1) is 11.6 Å². The normalized spacial score (nSPS) is 14.5. The summed E-state index contributed by atoms with van der Waals surface area (Å²) >= 11 is 0. The first-order chi connectivity index (χ1) is 15.2. The Kier molecular flexibility index (Phi) is 4.40. The summed E-state index contributed by atoms with van der Waals surface area (Å²) in [5, 5.41) is 11.8. The van der Waals surface area contributed by atoms with Crippen LogP contribution in [0.15, 0.2) is 36.7 Å². The number of fused-ring (bicyclic) bond motifs is 3. The first kappa shape index (κ1) is 20.0. The van der Waals surface area contributed by atoms with E-state index in [1.54, 1.807) is 6.07 Å². The van der Waals surface area contributed by atoms with Crippen molar-refractivity contribution >= 4 is 28.8 Å². The number of aryl methyl sites for hydroxylation is 1. The Morgan fingerprint density at radius 2 is 1.94 bits per heavy atom. The average molecular weight is 436 g/mol. The number of carboxylic acids is 1. The van der Waals surface area contributed by atoms with Crippen LogP contribution < -0.4 is 5.32 Å². The molecule has 0 amide bonds. The average Bonchev–Trinajstić information content (AvgIpc) is 3.28. The molecule has 10 heteroatoms. The third-order valence-electron chi connectivity index (χ3n) is 5.62. The number of hydrogen-bond donors (Lipinski definition) is 2. The standard InChI is InChI=1S/C22H18F2N6O2/c1-22(2)6-5-17-28-19-13(23)7-12(8-15(19)30(17)22)18-14(24)10-26-21(29-18)27-16-4-3-11(9-25-16)20(31)32/h3-4,7-10H,5-6H2,1-2H3,(H,31,32)(H,25,26,27,29). The van der Waals surface area contributed by atoms with Crippen molar-refractivity contribution in [3.8, 4) is 11.3 Å². The van der Waals surface area contributed by atoms with Crippen molar-refractivity contribution in [1.82, 2.24) is 24.5 Å². The van der Waals surface area contributed by atoms with Crippen molar-refractivity contribution in [2.75, 3.05) is 5.32 Å². The predicted octanol–water partition coefficient (Wildman–Crippen LogP) is 4.29. The topological polar surface area (TPSA) is 106 Å². The van der Waals surface area contributed by atoms with Gasteiger partial charge >= 0.3 is 5.97 Å². The number of halogens is 2. The zero-order chi connectivity index (χ0) is 22.6. The first-order valence-electron chi connectivity index (χ1n) is 9.93. The maximum Gasteiger partial charge on any atom is 0.337 e. The van der Waals surface area contributed by atoms with Crippen LogP contribution in [0.25, 0.3) is 22.3 Å². The highest BCUT2D eigenvalue weighted by Gasteiger charge is 2.33. The summed E-state index contributed by atoms with van der Waals surface area (Å²) in [4.78, 5) is 27.5. The summed E-state index contributed by atoms with van der Waals surface area (Å²) in [7, 11) is 0. The van der Waals surface area contributed by atoms with Crippen molar-refractivity contribution in [2.24, 2.45) is 0 Å². The first-order valence-corrected chi connectivity index (χ1v) is 9.93. The van der Waals surface area contributed by atoms with Crippen LogP contribution >= 0.6 is 0 Å². The van der Waals surface area contributed by atoms with E-state index in [1.807, 2.05) is 4.57 Å². The molecule has 0 saturated carbocycles. The maximum absolute atomic E-state index is 14.9. The Hall–Kier alpha value is -3.95. The number of imidazole rings is 1. The number of nitrogens with zero attached hydrogens (tertiary/aromatic N) is 5. The minimum absolute atomic E-state index is 0.0244. The monoisotopic (exact) mass is 436 g/mol. The second-order valence-electron chi connectivity index (χ2n) is 8.25. The molecule has 3 aromatic heterocycles. The van der Waals surface area contributed by atoms with E-state index in [0.717, 1.165) is 24.9 Å². The van der Waals surface area contributed by atoms with Crippen molar-refractivity contribution in [3.63, 3.8) is 0 Å². The van der Waals surface area contributed by atoms with Crippen molar-refractivity contribution in [3.05, 3.63) is 59.7 Å². The van der Waals surface area contributed by atoms with Gasteiger partial charge in [-0.15, -0.1) is 0 Å². The molecular weight excluding hydrogens is 418 g/mol. The van der Waals surface area contributed by atoms with E-state index in [9.17, 15) is 13.6 Å². The number of pyridine rings is 1. The molecule has 4 aromatic rings. The molecule has 0 radical (unpaired) electrons. The van der Waals surface area contributed by atoms with Gasteiger partial charge in [-0.25, -0.2) is 33.5 Å². The number of carbonyl (C=O) groups is 1. The lowest BCUT2D eigenvalue weighted by molar-refractivity contribution is 0.0696. The van der Waals surface area contributed by atoms with Crippen LogP contribution in [0.3, 0.4) is 0 Å². The van der Waals surface area contributed by atoms with Gasteiger partial charge in [0.1, 0.15) is 22.9 Å². The molecule has 0 saturated heterocycles. The SMILES string of the molecule is CC1(C)CCc2nc3c(F)cc(-c4nc(Nc5ccc(C(=O)O)cn5)ncc4F)cc3n21. The lowest BCUT2D eigenvalue weighted by Gasteiger charge is -2.22. The zero-order valence-corrected chi connectivity index (χ0v) is 17.2. The summed E-state index contributed by atoms with van der Waals surface area (Å²) in [6.45, 7) is 4.12. The third kappa shape index (κ3) is 3.24. The highest BCUT2D eigenvalue weighted by molar-refractivity contribution is 5.87. The molecular formula is C22H18F2N6O2. The van der Waals surface area contributed by atoms with Gasteiger partial charge in [0, 0.05) is 23.7 Å². The van der Waals surface area contributed by atoms with E-state index in [2.05, 4.69) is 39.1 Å². The second kappa shape index (κ2) is 7.04. The van der Waals surface area contributed by atoms with Gasteiger partial charge in [-0.3, -0.25) is 0 Å². The minimum atomic E-state index is -1.10. The van der Waals surface area contributed by atoms with Gasteiger partial charge in [0.15, 0.2) is 11.6 Å². The lowest BCUT2D eigenvalue weighted by atomic mass is 10.0. The van der Waals surface area contributed by atoms with Crippen molar-refractivity contribution < 1.29 is 18.7 Å². The van der Waals surface area contributed by atoms with Crippen LogP contribution in [-0.4, -0.2) is 35.6 Å². The molecule has 1 aromatic carbocycles. The van der Waals surface area contributed by atoms with Crippen LogP contribution in [-0.2, 0) is 12.0 Å². The summed E-state index contributed by atoms with van der Waals surface area (Å²) in [5.41, 5.74) is 0.841. The Balaban J connectivity index is 1.55. The van der Waals surface area contributed by atoms with Gasteiger partial charge in [0.05, 0.1) is 17.3 Å². The van der Waals surface area contributed by atoms with Gasteiger partial charge in [0.2, 0.25) is 5.95 Å². The number of aromatic nitrogens is 5. The number of carboxylic acid groups (broad SMARTS) is 1. The highest BCUT2D eigenvalue weighted by atomic mass is 19.1. The number of aromatic carboxylic acids is 1. The van der Waals surface area contributed by atoms with Gasteiger partial charge in [-0.1, -0.05) is 0 Å². The molecule has 4 heterocycles. The van der Waals surface area contributed by atoms with Gasteiger partial charge in [-0.2, -0.15) is 0 Å². The van der Waals surface area contributed by atoms with E-state index in [0.29, 0.717) is 5.52 Å². The molecule has 5 rings (SSSR count). The fourth-order valence-electron chi connectivity index (χ4n) is 4.03. The summed E-state index contributed by atoms with van der Waals surface area (Å²) in [5.74, 6) is -1.22. The van der Waals surface area contributed by atoms with Crippen LogP contribution in [0.2, 0.25) is 0 Å². The van der Waals surface area contributed by atoms with E-state index in [1.165, 1.54) is 24.4 Å². The fraction of sp³-hybridized carbons (Fsp3) is 0.227. The summed E-state index contributed by atoms with van der Waals surface area (Å²) < 4.78 is 31.5. The molecule has 0 atom stereocenters. The number of benzene rings is 1. The molecule has 1 aliphatic heterocycles. The Morgan fingerprint density at radius 1 is 1.12 bits per heavy atom. The molecule has 0 spiro atoms. The predicted molar refractivity (Wildman–Crippen MR) is 113 cm³/mol. The highest BCUT2D eigenvalue weighted by Crippen LogP contribution is 2.37. The number of rotatable bonds is 4. The van der Waals surface area contributed by atoms with Crippen molar-refractivity contribution in [1.29, 1.82) is 0 Å². The van der Waals surface area contributed by atoms with E-state index < -0.39 is 17.6 Å². The van der Waals surface area contributed by atoms with E-state index >= 15 is 0 Å². The van der Waals surface area contributed by atoms with Crippen molar-refractivity contribution in [2.45, 2.75) is 32.2 Å². The Morgan fingerprint density at radius 3 is 2.66 bits per heavy atom. The smallest absolute Gasteiger partial charge is 0.337 e. The number of nitrogens with one attached hydrogen (secondary N) is 1. The van der Waals surface area contributed by atoms with Gasteiger partial charge in [-0.05, 0) is 44.5 Å². The number of anilines is 2. The Labute approximate surface area is 181 Å². The van der Waals surface area contributed by atoms with Crippen LogP contribution in [0.1, 0.15) is 36.5 Å².